The van der Waals surface area contributed by atoms with Gasteiger partial charge in [0.2, 0.25) is 0 Å². The SMILES string of the molecule is c1cc(-c2c[nH]c3ncc(-c4ccc5nc[nH]c5c4)cc23)[nH]n1. The van der Waals surface area contributed by atoms with Crippen molar-refractivity contribution < 1.29 is 0 Å². The number of aromatic amines is 3. The van der Waals surface area contributed by atoms with Crippen LogP contribution >= 0.6 is 0 Å². The first-order valence-corrected chi connectivity index (χ1v) is 7.29. The zero-order valence-electron chi connectivity index (χ0n) is 12.0. The van der Waals surface area contributed by atoms with Crippen molar-refractivity contribution in [2.45, 2.75) is 0 Å². The summed E-state index contributed by atoms with van der Waals surface area (Å²) in [6.45, 7) is 0. The highest BCUT2D eigenvalue weighted by Crippen LogP contribution is 2.30. The van der Waals surface area contributed by atoms with Crippen LogP contribution in [0.5, 0.6) is 0 Å². The van der Waals surface area contributed by atoms with E-state index in [1.165, 1.54) is 0 Å². The van der Waals surface area contributed by atoms with Crippen LogP contribution in [-0.2, 0) is 0 Å². The number of H-pyrrole nitrogens is 3. The summed E-state index contributed by atoms with van der Waals surface area (Å²) in [5.41, 5.74) is 7.05. The molecule has 4 aromatic heterocycles. The van der Waals surface area contributed by atoms with Gasteiger partial charge in [0, 0.05) is 35.1 Å². The van der Waals surface area contributed by atoms with Gasteiger partial charge in [0.1, 0.15) is 5.65 Å². The molecule has 5 aromatic rings. The van der Waals surface area contributed by atoms with E-state index in [1.54, 1.807) is 12.5 Å². The second kappa shape index (κ2) is 4.54. The van der Waals surface area contributed by atoms with Crippen molar-refractivity contribution in [3.63, 3.8) is 0 Å². The van der Waals surface area contributed by atoms with Crippen molar-refractivity contribution in [1.29, 1.82) is 0 Å². The Morgan fingerprint density at radius 1 is 0.913 bits per heavy atom. The Balaban J connectivity index is 1.71. The molecule has 3 N–H and O–H groups in total. The Kier molecular flexibility index (Phi) is 2.40. The molecule has 0 aliphatic rings. The number of nitrogens with one attached hydrogen (secondary N) is 3. The minimum absolute atomic E-state index is 0.862. The number of aromatic nitrogens is 6. The Morgan fingerprint density at radius 3 is 2.83 bits per heavy atom. The minimum atomic E-state index is 0.862. The van der Waals surface area contributed by atoms with E-state index < -0.39 is 0 Å². The van der Waals surface area contributed by atoms with Gasteiger partial charge in [0.15, 0.2) is 0 Å². The topological polar surface area (TPSA) is 86.0 Å². The third-order valence-electron chi connectivity index (χ3n) is 4.08. The molecule has 5 rings (SSSR count). The highest BCUT2D eigenvalue weighted by molar-refractivity contribution is 5.95. The van der Waals surface area contributed by atoms with Crippen LogP contribution in [0.3, 0.4) is 0 Å². The highest BCUT2D eigenvalue weighted by atomic mass is 15.1. The lowest BCUT2D eigenvalue weighted by molar-refractivity contribution is 1.10. The van der Waals surface area contributed by atoms with Crippen LogP contribution in [0.25, 0.3) is 44.5 Å². The number of rotatable bonds is 2. The van der Waals surface area contributed by atoms with Gasteiger partial charge in [-0.05, 0) is 29.8 Å². The van der Waals surface area contributed by atoms with E-state index in [0.717, 1.165) is 44.5 Å². The second-order valence-corrected chi connectivity index (χ2v) is 5.43. The molecule has 0 radical (unpaired) electrons. The summed E-state index contributed by atoms with van der Waals surface area (Å²) in [6, 6.07) is 10.3. The maximum Gasteiger partial charge on any atom is 0.137 e. The van der Waals surface area contributed by atoms with Gasteiger partial charge in [0.05, 0.1) is 23.1 Å². The molecular weight excluding hydrogens is 288 g/mol. The van der Waals surface area contributed by atoms with E-state index >= 15 is 0 Å². The largest absolute Gasteiger partial charge is 0.345 e. The molecule has 6 nitrogen and oxygen atoms in total. The van der Waals surface area contributed by atoms with Gasteiger partial charge in [0.25, 0.3) is 0 Å². The highest BCUT2D eigenvalue weighted by Gasteiger charge is 2.10. The molecule has 6 heteroatoms. The van der Waals surface area contributed by atoms with Gasteiger partial charge in [-0.3, -0.25) is 5.10 Å². The molecule has 1 aromatic carbocycles. The van der Waals surface area contributed by atoms with Gasteiger partial charge in [-0.1, -0.05) is 6.07 Å². The first kappa shape index (κ1) is 12.2. The molecule has 0 aliphatic heterocycles. The van der Waals surface area contributed by atoms with Crippen molar-refractivity contribution >= 4 is 22.1 Å². The van der Waals surface area contributed by atoms with E-state index in [0.29, 0.717) is 0 Å². The second-order valence-electron chi connectivity index (χ2n) is 5.43. The predicted octanol–water partition coefficient (Wildman–Crippen LogP) is 3.50. The molecule has 23 heavy (non-hydrogen) atoms. The Bertz CT molecular complexity index is 1120. The molecular formula is C17H12N6. The summed E-state index contributed by atoms with van der Waals surface area (Å²) in [5, 5.41) is 8.09. The van der Waals surface area contributed by atoms with Crippen molar-refractivity contribution in [2.24, 2.45) is 0 Å². The summed E-state index contributed by atoms with van der Waals surface area (Å²) in [7, 11) is 0. The lowest BCUT2D eigenvalue weighted by Gasteiger charge is -2.03. The molecule has 4 heterocycles. The number of hydrogen-bond acceptors (Lipinski definition) is 3. The normalized spacial score (nSPS) is 11.5. The van der Waals surface area contributed by atoms with Crippen LogP contribution in [0.2, 0.25) is 0 Å². The first-order chi connectivity index (χ1) is 11.4. The van der Waals surface area contributed by atoms with E-state index in [2.05, 4.69) is 48.3 Å². The minimum Gasteiger partial charge on any atom is -0.345 e. The number of fused-ring (bicyclic) bond motifs is 2. The molecule has 110 valence electrons. The van der Waals surface area contributed by atoms with Crippen LogP contribution < -0.4 is 0 Å². The summed E-state index contributed by atoms with van der Waals surface area (Å²) in [4.78, 5) is 15.1. The number of pyridine rings is 1. The Hall–Kier alpha value is -3.41. The average Bonchev–Trinajstić information content (AvgIpc) is 3.32. The van der Waals surface area contributed by atoms with Gasteiger partial charge >= 0.3 is 0 Å². The number of benzene rings is 1. The van der Waals surface area contributed by atoms with Crippen molar-refractivity contribution in [3.8, 4) is 22.4 Å². The number of imidazole rings is 1. The maximum atomic E-state index is 4.54. The first-order valence-electron chi connectivity index (χ1n) is 7.29. The molecule has 0 aliphatic carbocycles. The van der Waals surface area contributed by atoms with Gasteiger partial charge < -0.3 is 9.97 Å². The molecule has 0 fully saturated rings. The summed E-state index contributed by atoms with van der Waals surface area (Å²) in [6.07, 6.45) is 7.29. The third-order valence-corrected chi connectivity index (χ3v) is 4.08. The zero-order chi connectivity index (χ0) is 15.2. The van der Waals surface area contributed by atoms with Crippen LogP contribution in [0.4, 0.5) is 0 Å². The summed E-state index contributed by atoms with van der Waals surface area (Å²) in [5.74, 6) is 0. The maximum absolute atomic E-state index is 4.54. The van der Waals surface area contributed by atoms with Crippen molar-refractivity contribution in [3.05, 3.63) is 55.2 Å². The Labute approximate surface area is 130 Å². The Morgan fingerprint density at radius 2 is 1.91 bits per heavy atom. The van der Waals surface area contributed by atoms with Crippen LogP contribution in [0, 0.1) is 0 Å². The van der Waals surface area contributed by atoms with Gasteiger partial charge in [-0.15, -0.1) is 0 Å². The quantitative estimate of drug-likeness (QED) is 0.466. The lowest BCUT2D eigenvalue weighted by Crippen LogP contribution is -1.83. The standard InChI is InChI=1S/C17H12N6/c1-2-15-16(21-9-20-15)6-10(1)11-5-12-13(14-3-4-22-23-14)8-19-17(12)18-7-11/h1-9H,(H,18,19)(H,20,21)(H,22,23). The molecule has 0 atom stereocenters. The predicted molar refractivity (Wildman–Crippen MR) is 88.8 cm³/mol. The van der Waals surface area contributed by atoms with Gasteiger partial charge in [-0.25, -0.2) is 9.97 Å². The fraction of sp³-hybridized carbons (Fsp3) is 0. The fourth-order valence-corrected chi connectivity index (χ4v) is 2.91. The van der Waals surface area contributed by atoms with E-state index in [-0.39, 0.29) is 0 Å². The van der Waals surface area contributed by atoms with Crippen LogP contribution in [0.15, 0.2) is 55.2 Å². The van der Waals surface area contributed by atoms with Crippen molar-refractivity contribution in [2.75, 3.05) is 0 Å². The molecule has 0 saturated carbocycles. The van der Waals surface area contributed by atoms with E-state index in [1.807, 2.05) is 24.5 Å². The zero-order valence-corrected chi connectivity index (χ0v) is 12.0. The molecule has 0 unspecified atom stereocenters. The summed E-state index contributed by atoms with van der Waals surface area (Å²) < 4.78 is 0. The third kappa shape index (κ3) is 1.85. The van der Waals surface area contributed by atoms with Crippen LogP contribution in [-0.4, -0.2) is 30.1 Å². The summed E-state index contributed by atoms with van der Waals surface area (Å²) >= 11 is 0. The van der Waals surface area contributed by atoms with Gasteiger partial charge in [-0.2, -0.15) is 5.10 Å². The smallest absolute Gasteiger partial charge is 0.137 e. The molecule has 0 saturated heterocycles. The molecule has 0 amide bonds. The average molecular weight is 300 g/mol. The molecule has 0 spiro atoms. The lowest BCUT2D eigenvalue weighted by atomic mass is 10.0. The number of nitrogens with zero attached hydrogens (tertiary/aromatic N) is 3. The number of hydrogen-bond donors (Lipinski definition) is 3. The van der Waals surface area contributed by atoms with Crippen LogP contribution in [0.1, 0.15) is 0 Å². The fourth-order valence-electron chi connectivity index (χ4n) is 2.91. The van der Waals surface area contributed by atoms with Crippen molar-refractivity contribution in [1.82, 2.24) is 30.1 Å². The monoisotopic (exact) mass is 300 g/mol. The molecule has 0 bridgehead atoms. The van der Waals surface area contributed by atoms with E-state index in [4.69, 9.17) is 0 Å². The van der Waals surface area contributed by atoms with E-state index in [9.17, 15) is 0 Å².